The number of hydrazone groups is 1. The van der Waals surface area contributed by atoms with Crippen molar-refractivity contribution in [1.29, 1.82) is 0 Å². The van der Waals surface area contributed by atoms with Crippen molar-refractivity contribution in [3.63, 3.8) is 0 Å². The number of methoxy groups -OCH3 is 1. The van der Waals surface area contributed by atoms with Crippen molar-refractivity contribution < 1.29 is 9.53 Å². The predicted molar refractivity (Wildman–Crippen MR) is 119 cm³/mol. The smallest absolute Gasteiger partial charge is 0.293 e. The maximum Gasteiger partial charge on any atom is 0.293 e. The molecule has 3 rings (SSSR count). The number of amides is 1. The van der Waals surface area contributed by atoms with E-state index < -0.39 is 5.91 Å². The van der Waals surface area contributed by atoms with E-state index in [1.54, 1.807) is 22.8 Å². The van der Waals surface area contributed by atoms with E-state index in [-0.39, 0.29) is 10.8 Å². The van der Waals surface area contributed by atoms with E-state index in [0.29, 0.717) is 5.95 Å². The molecule has 0 spiro atoms. The number of anilines is 1. The van der Waals surface area contributed by atoms with Gasteiger partial charge in [0.2, 0.25) is 5.95 Å². The number of nitrogens with zero attached hydrogens (tertiary/aromatic N) is 4. The number of carbonyl (C=O) groups is 1. The van der Waals surface area contributed by atoms with E-state index in [1.807, 2.05) is 62.6 Å². The highest BCUT2D eigenvalue weighted by atomic mass is 79.9. The molecule has 0 saturated carbocycles. The lowest BCUT2D eigenvalue weighted by Gasteiger charge is -2.15. The molecule has 0 bridgehead atoms. The standard InChI is InChI=1S/C20H19BrClN5O2/c1-26(2)20-24-17(18(22)27(20)15-8-10-16(29-3)11-9-15)19(28)25-23-12-13-4-6-14(21)7-5-13/h4-12H,1-3H3,(H,25,28)/b23-12+. The number of nitrogens with one attached hydrogen (secondary N) is 1. The molecule has 7 nitrogen and oxygen atoms in total. The average molecular weight is 477 g/mol. The molecular formula is C20H19BrClN5O2. The van der Waals surface area contributed by atoms with Gasteiger partial charge in [-0.05, 0) is 42.0 Å². The van der Waals surface area contributed by atoms with Crippen LogP contribution in [0.15, 0.2) is 58.1 Å². The predicted octanol–water partition coefficient (Wildman–Crippen LogP) is 4.13. The molecule has 9 heteroatoms. The molecule has 0 fully saturated rings. The van der Waals surface area contributed by atoms with E-state index in [4.69, 9.17) is 16.3 Å². The lowest BCUT2D eigenvalue weighted by Crippen LogP contribution is -2.19. The van der Waals surface area contributed by atoms with Crippen LogP contribution in [0.1, 0.15) is 16.1 Å². The summed E-state index contributed by atoms with van der Waals surface area (Å²) in [6.07, 6.45) is 1.55. The lowest BCUT2D eigenvalue weighted by molar-refractivity contribution is 0.0951. The highest BCUT2D eigenvalue weighted by Gasteiger charge is 2.23. The van der Waals surface area contributed by atoms with Crippen molar-refractivity contribution in [2.45, 2.75) is 0 Å². The van der Waals surface area contributed by atoms with Crippen LogP contribution < -0.4 is 15.1 Å². The molecule has 0 saturated heterocycles. The monoisotopic (exact) mass is 475 g/mol. The van der Waals surface area contributed by atoms with Crippen LogP contribution in [0.25, 0.3) is 5.69 Å². The fraction of sp³-hybridized carbons (Fsp3) is 0.150. The number of ether oxygens (including phenoxy) is 1. The van der Waals surface area contributed by atoms with E-state index >= 15 is 0 Å². The number of halogens is 2. The van der Waals surface area contributed by atoms with Gasteiger partial charge in [-0.15, -0.1) is 0 Å². The zero-order valence-corrected chi connectivity index (χ0v) is 18.4. The molecular weight excluding hydrogens is 458 g/mol. The Morgan fingerprint density at radius 2 is 1.86 bits per heavy atom. The van der Waals surface area contributed by atoms with Gasteiger partial charge in [0.05, 0.1) is 19.0 Å². The van der Waals surface area contributed by atoms with Gasteiger partial charge >= 0.3 is 0 Å². The number of hydrogen-bond acceptors (Lipinski definition) is 5. The van der Waals surface area contributed by atoms with Crippen molar-refractivity contribution >= 4 is 45.6 Å². The van der Waals surface area contributed by atoms with Crippen molar-refractivity contribution in [3.8, 4) is 11.4 Å². The van der Waals surface area contributed by atoms with Crippen molar-refractivity contribution in [1.82, 2.24) is 15.0 Å². The summed E-state index contributed by atoms with van der Waals surface area (Å²) in [5.74, 6) is 0.734. The van der Waals surface area contributed by atoms with Gasteiger partial charge in [-0.1, -0.05) is 39.7 Å². The van der Waals surface area contributed by atoms with Crippen LogP contribution >= 0.6 is 27.5 Å². The van der Waals surface area contributed by atoms with Crippen LogP contribution in [0.5, 0.6) is 5.75 Å². The van der Waals surface area contributed by atoms with Gasteiger partial charge < -0.3 is 9.64 Å². The molecule has 2 aromatic carbocycles. The zero-order valence-electron chi connectivity index (χ0n) is 16.1. The largest absolute Gasteiger partial charge is 0.497 e. The van der Waals surface area contributed by atoms with Gasteiger partial charge in [-0.2, -0.15) is 5.10 Å². The molecule has 3 aromatic rings. The Morgan fingerprint density at radius 1 is 1.21 bits per heavy atom. The third-order valence-electron chi connectivity index (χ3n) is 4.00. The van der Waals surface area contributed by atoms with Crippen LogP contribution in [0.2, 0.25) is 5.15 Å². The Morgan fingerprint density at radius 3 is 2.45 bits per heavy atom. The summed E-state index contributed by atoms with van der Waals surface area (Å²) in [6.45, 7) is 0. The van der Waals surface area contributed by atoms with E-state index in [0.717, 1.165) is 21.5 Å². The van der Waals surface area contributed by atoms with Crippen LogP contribution in [0, 0.1) is 0 Å². The van der Waals surface area contributed by atoms with Gasteiger partial charge in [-0.25, -0.2) is 10.4 Å². The summed E-state index contributed by atoms with van der Waals surface area (Å²) in [5.41, 5.74) is 4.15. The van der Waals surface area contributed by atoms with Crippen LogP contribution in [0.4, 0.5) is 5.95 Å². The minimum Gasteiger partial charge on any atom is -0.497 e. The van der Waals surface area contributed by atoms with E-state index in [9.17, 15) is 4.79 Å². The molecule has 1 aromatic heterocycles. The average Bonchev–Trinajstić information content (AvgIpc) is 3.07. The van der Waals surface area contributed by atoms with Crippen molar-refractivity contribution in [3.05, 3.63) is 69.4 Å². The molecule has 0 aliphatic rings. The van der Waals surface area contributed by atoms with Gasteiger partial charge in [0, 0.05) is 18.6 Å². The Kier molecular flexibility index (Phi) is 6.56. The number of rotatable bonds is 6. The third-order valence-corrected chi connectivity index (χ3v) is 4.88. The quantitative estimate of drug-likeness (QED) is 0.429. The summed E-state index contributed by atoms with van der Waals surface area (Å²) in [6, 6.07) is 14.8. The zero-order chi connectivity index (χ0) is 21.0. The second kappa shape index (κ2) is 9.11. The van der Waals surface area contributed by atoms with Crippen molar-refractivity contribution in [2.75, 3.05) is 26.1 Å². The highest BCUT2D eigenvalue weighted by Crippen LogP contribution is 2.29. The SMILES string of the molecule is COc1ccc(-n2c(N(C)C)nc(C(=O)N/N=C/c3ccc(Br)cc3)c2Cl)cc1. The second-order valence-corrected chi connectivity index (χ2v) is 7.50. The van der Waals surface area contributed by atoms with Crippen LogP contribution in [-0.4, -0.2) is 42.9 Å². The number of imidazole rings is 1. The summed E-state index contributed by atoms with van der Waals surface area (Å²) in [7, 11) is 5.25. The molecule has 0 atom stereocenters. The Bertz CT molecular complexity index is 1030. The Hall–Kier alpha value is -2.84. The molecule has 1 amide bonds. The molecule has 1 N–H and O–H groups in total. The molecule has 0 unspecified atom stereocenters. The maximum absolute atomic E-state index is 12.6. The maximum atomic E-state index is 12.6. The number of carbonyl (C=O) groups excluding carboxylic acids is 1. The number of benzene rings is 2. The fourth-order valence-electron chi connectivity index (χ4n) is 2.56. The Balaban J connectivity index is 1.87. The molecule has 0 radical (unpaired) electrons. The van der Waals surface area contributed by atoms with Crippen LogP contribution in [0.3, 0.4) is 0 Å². The van der Waals surface area contributed by atoms with Gasteiger partial charge in [0.25, 0.3) is 5.91 Å². The lowest BCUT2D eigenvalue weighted by atomic mass is 10.2. The molecule has 1 heterocycles. The van der Waals surface area contributed by atoms with E-state index in [2.05, 4.69) is 31.4 Å². The summed E-state index contributed by atoms with van der Waals surface area (Å²) in [4.78, 5) is 18.8. The first-order chi connectivity index (χ1) is 13.9. The number of aromatic nitrogens is 2. The van der Waals surface area contributed by atoms with Gasteiger partial charge in [-0.3, -0.25) is 9.36 Å². The summed E-state index contributed by atoms with van der Waals surface area (Å²) in [5, 5.41) is 4.18. The molecule has 150 valence electrons. The summed E-state index contributed by atoms with van der Waals surface area (Å²) >= 11 is 9.89. The minimum atomic E-state index is -0.501. The number of hydrogen-bond donors (Lipinski definition) is 1. The molecule has 29 heavy (non-hydrogen) atoms. The molecule has 0 aliphatic heterocycles. The molecule has 0 aliphatic carbocycles. The highest BCUT2D eigenvalue weighted by molar-refractivity contribution is 9.10. The van der Waals surface area contributed by atoms with Crippen LogP contribution in [-0.2, 0) is 0 Å². The topological polar surface area (TPSA) is 71.8 Å². The third kappa shape index (κ3) is 4.78. The van der Waals surface area contributed by atoms with Crippen molar-refractivity contribution in [2.24, 2.45) is 5.10 Å². The normalized spacial score (nSPS) is 10.9. The van der Waals surface area contributed by atoms with E-state index in [1.165, 1.54) is 0 Å². The van der Waals surface area contributed by atoms with Gasteiger partial charge in [0.15, 0.2) is 5.69 Å². The first kappa shape index (κ1) is 20.9. The Labute approximate surface area is 182 Å². The first-order valence-corrected chi connectivity index (χ1v) is 9.76. The minimum absolute atomic E-state index is 0.0825. The second-order valence-electron chi connectivity index (χ2n) is 6.23. The van der Waals surface area contributed by atoms with Gasteiger partial charge in [0.1, 0.15) is 10.9 Å². The fourth-order valence-corrected chi connectivity index (χ4v) is 3.13. The summed E-state index contributed by atoms with van der Waals surface area (Å²) < 4.78 is 7.85. The first-order valence-electron chi connectivity index (χ1n) is 8.59.